The largest absolute Gasteiger partial charge is 0.357 e. The van der Waals surface area contributed by atoms with Crippen LogP contribution in [0.4, 0.5) is 5.82 Å². The summed E-state index contributed by atoms with van der Waals surface area (Å²) in [4.78, 5) is 11.1. The Kier molecular flexibility index (Phi) is 3.73. The normalized spacial score (nSPS) is 10.3. The van der Waals surface area contributed by atoms with Crippen molar-refractivity contribution in [2.45, 2.75) is 20.3 Å². The van der Waals surface area contributed by atoms with E-state index in [1.165, 1.54) is 0 Å². The molecule has 2 rings (SSSR count). The van der Waals surface area contributed by atoms with Gasteiger partial charge in [-0.2, -0.15) is 5.26 Å². The van der Waals surface area contributed by atoms with Gasteiger partial charge >= 0.3 is 0 Å². The molecule has 1 aromatic heterocycles. The molecule has 2 aromatic rings. The Bertz CT molecular complexity index is 582. The van der Waals surface area contributed by atoms with Gasteiger partial charge in [0.1, 0.15) is 11.6 Å². The SMILES string of the molecule is CCN(CC)c1nc(CC#N)nc2ccccc12. The smallest absolute Gasteiger partial charge is 0.145 e. The van der Waals surface area contributed by atoms with Crippen LogP contribution >= 0.6 is 0 Å². The van der Waals surface area contributed by atoms with Crippen molar-refractivity contribution in [3.8, 4) is 6.07 Å². The maximum absolute atomic E-state index is 8.79. The molecule has 0 fully saturated rings. The number of aromatic nitrogens is 2. The molecule has 0 amide bonds. The van der Waals surface area contributed by atoms with Crippen molar-refractivity contribution in [2.24, 2.45) is 0 Å². The second-order valence-corrected chi connectivity index (χ2v) is 3.99. The number of nitrogens with zero attached hydrogens (tertiary/aromatic N) is 4. The number of benzene rings is 1. The molecule has 0 N–H and O–H groups in total. The third kappa shape index (κ3) is 2.25. The van der Waals surface area contributed by atoms with E-state index >= 15 is 0 Å². The van der Waals surface area contributed by atoms with Gasteiger partial charge in [-0.05, 0) is 26.0 Å². The Morgan fingerprint density at radius 1 is 1.17 bits per heavy atom. The van der Waals surface area contributed by atoms with Gasteiger partial charge in [0.25, 0.3) is 0 Å². The topological polar surface area (TPSA) is 52.8 Å². The van der Waals surface area contributed by atoms with Gasteiger partial charge in [-0.25, -0.2) is 9.97 Å². The van der Waals surface area contributed by atoms with Gasteiger partial charge in [0.05, 0.1) is 18.0 Å². The van der Waals surface area contributed by atoms with Crippen LogP contribution in [0.15, 0.2) is 24.3 Å². The molecule has 0 aliphatic rings. The summed E-state index contributed by atoms with van der Waals surface area (Å²) in [6, 6.07) is 10.0. The van der Waals surface area contributed by atoms with Gasteiger partial charge in [0.2, 0.25) is 0 Å². The Balaban J connectivity index is 2.64. The molecule has 0 spiro atoms. The van der Waals surface area contributed by atoms with E-state index in [1.807, 2.05) is 24.3 Å². The van der Waals surface area contributed by atoms with E-state index in [4.69, 9.17) is 5.26 Å². The summed E-state index contributed by atoms with van der Waals surface area (Å²) in [5, 5.41) is 9.84. The quantitative estimate of drug-likeness (QED) is 0.824. The highest BCUT2D eigenvalue weighted by molar-refractivity contribution is 5.89. The maximum Gasteiger partial charge on any atom is 0.145 e. The third-order valence-corrected chi connectivity index (χ3v) is 2.93. The van der Waals surface area contributed by atoms with Crippen molar-refractivity contribution in [1.82, 2.24) is 9.97 Å². The first-order chi connectivity index (χ1) is 8.80. The van der Waals surface area contributed by atoms with Crippen LogP contribution < -0.4 is 4.90 Å². The van der Waals surface area contributed by atoms with Crippen molar-refractivity contribution in [2.75, 3.05) is 18.0 Å². The monoisotopic (exact) mass is 240 g/mol. The van der Waals surface area contributed by atoms with Crippen molar-refractivity contribution >= 4 is 16.7 Å². The van der Waals surface area contributed by atoms with Crippen molar-refractivity contribution in [3.05, 3.63) is 30.1 Å². The molecule has 4 nitrogen and oxygen atoms in total. The molecule has 0 aliphatic heterocycles. The summed E-state index contributed by atoms with van der Waals surface area (Å²) in [5.74, 6) is 1.52. The van der Waals surface area contributed by atoms with Crippen LogP contribution in [-0.2, 0) is 6.42 Å². The van der Waals surface area contributed by atoms with Crippen LogP contribution in [0.25, 0.3) is 10.9 Å². The number of rotatable bonds is 4. The van der Waals surface area contributed by atoms with Gasteiger partial charge in [0, 0.05) is 18.5 Å². The minimum atomic E-state index is 0.249. The lowest BCUT2D eigenvalue weighted by Crippen LogP contribution is -2.24. The lowest BCUT2D eigenvalue weighted by molar-refractivity contribution is 0.839. The average molecular weight is 240 g/mol. The first kappa shape index (κ1) is 12.3. The number of para-hydroxylation sites is 1. The standard InChI is InChI=1S/C14H16N4/c1-3-18(4-2)14-11-7-5-6-8-12(11)16-13(17-14)9-10-15/h5-8H,3-4,9H2,1-2H3. The van der Waals surface area contributed by atoms with Crippen molar-refractivity contribution in [3.63, 3.8) is 0 Å². The van der Waals surface area contributed by atoms with Crippen LogP contribution in [0.5, 0.6) is 0 Å². The van der Waals surface area contributed by atoms with Crippen molar-refractivity contribution in [1.29, 1.82) is 5.26 Å². The Morgan fingerprint density at radius 3 is 2.56 bits per heavy atom. The van der Waals surface area contributed by atoms with Gasteiger partial charge in [-0.15, -0.1) is 0 Å². The number of nitriles is 1. The summed E-state index contributed by atoms with van der Waals surface area (Å²) in [6.07, 6.45) is 0.249. The summed E-state index contributed by atoms with van der Waals surface area (Å²) in [6.45, 7) is 5.99. The van der Waals surface area contributed by atoms with Gasteiger partial charge < -0.3 is 4.90 Å². The van der Waals surface area contributed by atoms with E-state index in [-0.39, 0.29) is 6.42 Å². The van der Waals surface area contributed by atoms with E-state index in [9.17, 15) is 0 Å². The highest BCUT2D eigenvalue weighted by Gasteiger charge is 2.11. The molecule has 0 saturated carbocycles. The molecular weight excluding hydrogens is 224 g/mol. The number of hydrogen-bond acceptors (Lipinski definition) is 4. The second-order valence-electron chi connectivity index (χ2n) is 3.99. The number of anilines is 1. The molecular formula is C14H16N4. The minimum Gasteiger partial charge on any atom is -0.357 e. The van der Waals surface area contributed by atoms with E-state index in [2.05, 4.69) is 34.8 Å². The van der Waals surface area contributed by atoms with Crippen LogP contribution in [0.1, 0.15) is 19.7 Å². The summed E-state index contributed by atoms with van der Waals surface area (Å²) in [5.41, 5.74) is 0.902. The molecule has 1 heterocycles. The zero-order chi connectivity index (χ0) is 13.0. The summed E-state index contributed by atoms with van der Waals surface area (Å²) < 4.78 is 0. The third-order valence-electron chi connectivity index (χ3n) is 2.93. The number of fused-ring (bicyclic) bond motifs is 1. The fourth-order valence-electron chi connectivity index (χ4n) is 2.02. The molecule has 4 heteroatoms. The highest BCUT2D eigenvalue weighted by atomic mass is 15.2. The van der Waals surface area contributed by atoms with E-state index in [1.54, 1.807) is 0 Å². The zero-order valence-electron chi connectivity index (χ0n) is 10.7. The Morgan fingerprint density at radius 2 is 1.89 bits per heavy atom. The van der Waals surface area contributed by atoms with Gasteiger partial charge in [-0.3, -0.25) is 0 Å². The van der Waals surface area contributed by atoms with E-state index < -0.39 is 0 Å². The fourth-order valence-corrected chi connectivity index (χ4v) is 2.02. The molecule has 0 atom stereocenters. The summed E-state index contributed by atoms with van der Waals surface area (Å²) in [7, 11) is 0. The first-order valence-corrected chi connectivity index (χ1v) is 6.17. The Labute approximate surface area is 107 Å². The van der Waals surface area contributed by atoms with E-state index in [0.717, 1.165) is 29.8 Å². The lowest BCUT2D eigenvalue weighted by atomic mass is 10.2. The predicted octanol–water partition coefficient (Wildman–Crippen LogP) is 2.54. The average Bonchev–Trinajstić information content (AvgIpc) is 2.40. The minimum absolute atomic E-state index is 0.249. The molecule has 0 radical (unpaired) electrons. The molecule has 0 bridgehead atoms. The highest BCUT2D eigenvalue weighted by Crippen LogP contribution is 2.23. The van der Waals surface area contributed by atoms with Gasteiger partial charge in [-0.1, -0.05) is 12.1 Å². The molecule has 0 saturated heterocycles. The molecule has 0 unspecified atom stereocenters. The van der Waals surface area contributed by atoms with Crippen LogP contribution in [-0.4, -0.2) is 23.1 Å². The first-order valence-electron chi connectivity index (χ1n) is 6.17. The molecule has 18 heavy (non-hydrogen) atoms. The van der Waals surface area contributed by atoms with Crippen molar-refractivity contribution < 1.29 is 0 Å². The predicted molar refractivity (Wildman–Crippen MR) is 72.4 cm³/mol. The maximum atomic E-state index is 8.79. The summed E-state index contributed by atoms with van der Waals surface area (Å²) >= 11 is 0. The van der Waals surface area contributed by atoms with Crippen LogP contribution in [0.2, 0.25) is 0 Å². The second kappa shape index (κ2) is 5.46. The molecule has 0 aliphatic carbocycles. The number of hydrogen-bond donors (Lipinski definition) is 0. The van der Waals surface area contributed by atoms with Crippen LogP contribution in [0.3, 0.4) is 0 Å². The zero-order valence-corrected chi connectivity index (χ0v) is 10.7. The van der Waals surface area contributed by atoms with Gasteiger partial charge in [0.15, 0.2) is 0 Å². The van der Waals surface area contributed by atoms with Crippen LogP contribution in [0, 0.1) is 11.3 Å². The Hall–Kier alpha value is -2.15. The molecule has 92 valence electrons. The molecule has 1 aromatic carbocycles. The lowest BCUT2D eigenvalue weighted by Gasteiger charge is -2.21. The van der Waals surface area contributed by atoms with E-state index in [0.29, 0.717) is 5.82 Å². The fraction of sp³-hybridized carbons (Fsp3) is 0.357.